The van der Waals surface area contributed by atoms with Crippen LogP contribution in [-0.4, -0.2) is 49.1 Å². The number of carbonyl (C=O) groups is 2. The fraction of sp³-hybridized carbons (Fsp3) is 0.375. The first kappa shape index (κ1) is 17.1. The summed E-state index contributed by atoms with van der Waals surface area (Å²) >= 11 is 7.34. The minimum Gasteiger partial charge on any atom is -0.378 e. The van der Waals surface area contributed by atoms with Crippen molar-refractivity contribution in [1.82, 2.24) is 10.2 Å². The van der Waals surface area contributed by atoms with Crippen LogP contribution in [0.3, 0.4) is 0 Å². The molecule has 1 aromatic heterocycles. The van der Waals surface area contributed by atoms with Gasteiger partial charge >= 0.3 is 0 Å². The first-order valence-corrected chi connectivity index (χ1v) is 8.72. The Hall–Kier alpha value is -1.70. The molecule has 24 heavy (non-hydrogen) atoms. The number of hydrogen-bond donors (Lipinski definition) is 1. The topological polar surface area (TPSA) is 58.6 Å². The fourth-order valence-corrected chi connectivity index (χ4v) is 4.01. The highest BCUT2D eigenvalue weighted by atomic mass is 35.5. The zero-order valence-electron chi connectivity index (χ0n) is 13.0. The van der Waals surface area contributed by atoms with E-state index in [0.717, 1.165) is 11.3 Å². The highest BCUT2D eigenvalue weighted by molar-refractivity contribution is 7.21. The molecule has 1 fully saturated rings. The van der Waals surface area contributed by atoms with Gasteiger partial charge in [0.15, 0.2) is 0 Å². The molecule has 2 amide bonds. The van der Waals surface area contributed by atoms with Crippen LogP contribution in [0.5, 0.6) is 0 Å². The van der Waals surface area contributed by atoms with Gasteiger partial charge in [-0.15, -0.1) is 11.3 Å². The van der Waals surface area contributed by atoms with E-state index in [1.807, 2.05) is 0 Å². The summed E-state index contributed by atoms with van der Waals surface area (Å²) < 4.78 is 19.1. The Kier molecular flexibility index (Phi) is 5.03. The summed E-state index contributed by atoms with van der Waals surface area (Å²) in [5, 5.41) is 3.57. The first-order chi connectivity index (χ1) is 11.5. The number of benzene rings is 1. The number of nitrogens with zero attached hydrogens (tertiary/aromatic N) is 1. The molecule has 0 saturated carbocycles. The van der Waals surface area contributed by atoms with Crippen molar-refractivity contribution in [2.45, 2.75) is 13.0 Å². The second kappa shape index (κ2) is 7.04. The average molecular weight is 371 g/mol. The van der Waals surface area contributed by atoms with E-state index < -0.39 is 11.9 Å². The fourth-order valence-electron chi connectivity index (χ4n) is 2.57. The zero-order chi connectivity index (χ0) is 17.3. The number of amides is 2. The Morgan fingerprint density at radius 1 is 1.38 bits per heavy atom. The highest BCUT2D eigenvalue weighted by Gasteiger charge is 2.26. The van der Waals surface area contributed by atoms with Gasteiger partial charge in [0.05, 0.1) is 18.2 Å². The first-order valence-electron chi connectivity index (χ1n) is 7.52. The van der Waals surface area contributed by atoms with Crippen molar-refractivity contribution in [3.63, 3.8) is 0 Å². The summed E-state index contributed by atoms with van der Waals surface area (Å²) in [6.45, 7) is 3.67. The van der Waals surface area contributed by atoms with Gasteiger partial charge in [0.1, 0.15) is 16.7 Å². The molecule has 1 unspecified atom stereocenters. The summed E-state index contributed by atoms with van der Waals surface area (Å²) in [5.41, 5.74) is 0. The molecule has 1 atom stereocenters. The normalized spacial score (nSPS) is 16.2. The van der Waals surface area contributed by atoms with E-state index in [1.165, 1.54) is 12.1 Å². The average Bonchev–Trinajstić information content (AvgIpc) is 2.91. The summed E-state index contributed by atoms with van der Waals surface area (Å²) in [6.07, 6.45) is 0. The summed E-state index contributed by atoms with van der Waals surface area (Å²) in [5.74, 6) is -0.978. The maximum Gasteiger partial charge on any atom is 0.263 e. The van der Waals surface area contributed by atoms with Gasteiger partial charge < -0.3 is 15.0 Å². The zero-order valence-corrected chi connectivity index (χ0v) is 14.5. The van der Waals surface area contributed by atoms with E-state index in [1.54, 1.807) is 17.9 Å². The van der Waals surface area contributed by atoms with Gasteiger partial charge in [-0.25, -0.2) is 4.39 Å². The summed E-state index contributed by atoms with van der Waals surface area (Å²) in [6, 6.07) is 3.51. The minimum atomic E-state index is -0.673. The molecule has 0 radical (unpaired) electrons. The van der Waals surface area contributed by atoms with Gasteiger partial charge in [0.2, 0.25) is 5.91 Å². The SMILES string of the molecule is CC(NC(=O)c1sc2cc(F)ccc2c1Cl)C(=O)N1CCOCC1. The maximum absolute atomic E-state index is 13.3. The highest BCUT2D eigenvalue weighted by Crippen LogP contribution is 2.35. The largest absolute Gasteiger partial charge is 0.378 e. The molecule has 8 heteroatoms. The van der Waals surface area contributed by atoms with Crippen LogP contribution >= 0.6 is 22.9 Å². The molecule has 0 aliphatic carbocycles. The molecule has 2 heterocycles. The van der Waals surface area contributed by atoms with Crippen LogP contribution in [0.15, 0.2) is 18.2 Å². The lowest BCUT2D eigenvalue weighted by atomic mass is 10.2. The Morgan fingerprint density at radius 2 is 2.08 bits per heavy atom. The van der Waals surface area contributed by atoms with Crippen LogP contribution in [0.2, 0.25) is 5.02 Å². The lowest BCUT2D eigenvalue weighted by molar-refractivity contribution is -0.136. The van der Waals surface area contributed by atoms with Crippen LogP contribution in [-0.2, 0) is 9.53 Å². The van der Waals surface area contributed by atoms with Crippen molar-refractivity contribution in [2.75, 3.05) is 26.3 Å². The third-order valence-corrected chi connectivity index (χ3v) is 5.49. The van der Waals surface area contributed by atoms with E-state index in [4.69, 9.17) is 16.3 Å². The van der Waals surface area contributed by atoms with Crippen molar-refractivity contribution in [3.8, 4) is 0 Å². The standard InChI is InChI=1S/C16H16ClFN2O3S/c1-9(16(22)20-4-6-23-7-5-20)19-15(21)14-13(17)11-3-2-10(18)8-12(11)24-14/h2-3,8-9H,4-7H2,1H3,(H,19,21). The smallest absolute Gasteiger partial charge is 0.263 e. The van der Waals surface area contributed by atoms with Gasteiger partial charge in [-0.3, -0.25) is 9.59 Å². The number of carbonyl (C=O) groups excluding carboxylic acids is 2. The number of rotatable bonds is 3. The van der Waals surface area contributed by atoms with Crippen LogP contribution < -0.4 is 5.32 Å². The monoisotopic (exact) mass is 370 g/mol. The summed E-state index contributed by atoms with van der Waals surface area (Å²) in [4.78, 5) is 26.7. The minimum absolute atomic E-state index is 0.157. The number of thiophene rings is 1. The Balaban J connectivity index is 1.74. The molecular weight excluding hydrogens is 355 g/mol. The predicted molar refractivity (Wildman–Crippen MR) is 91.1 cm³/mol. The van der Waals surface area contributed by atoms with Gasteiger partial charge in [-0.1, -0.05) is 11.6 Å². The lowest BCUT2D eigenvalue weighted by Gasteiger charge is -2.29. The van der Waals surface area contributed by atoms with Gasteiger partial charge in [0, 0.05) is 23.2 Å². The lowest BCUT2D eigenvalue weighted by Crippen LogP contribution is -2.50. The van der Waals surface area contributed by atoms with Gasteiger partial charge in [0.25, 0.3) is 5.91 Å². The maximum atomic E-state index is 13.3. The van der Waals surface area contributed by atoms with Crippen molar-refractivity contribution >= 4 is 44.8 Å². The number of morpholine rings is 1. The van der Waals surface area contributed by atoms with Crippen LogP contribution in [0, 0.1) is 5.82 Å². The molecule has 1 aliphatic rings. The number of fused-ring (bicyclic) bond motifs is 1. The molecule has 3 rings (SSSR count). The number of hydrogen-bond acceptors (Lipinski definition) is 4. The summed E-state index contributed by atoms with van der Waals surface area (Å²) in [7, 11) is 0. The third kappa shape index (κ3) is 3.38. The van der Waals surface area contributed by atoms with E-state index in [-0.39, 0.29) is 21.6 Å². The number of ether oxygens (including phenoxy) is 1. The molecule has 1 aliphatic heterocycles. The quantitative estimate of drug-likeness (QED) is 0.903. The molecule has 0 bridgehead atoms. The third-order valence-electron chi connectivity index (χ3n) is 3.84. The van der Waals surface area contributed by atoms with Crippen LogP contribution in [0.25, 0.3) is 10.1 Å². The van der Waals surface area contributed by atoms with E-state index >= 15 is 0 Å². The molecule has 1 aromatic carbocycles. The van der Waals surface area contributed by atoms with Crippen molar-refractivity contribution in [3.05, 3.63) is 33.9 Å². The van der Waals surface area contributed by atoms with Crippen LogP contribution in [0.4, 0.5) is 4.39 Å². The Morgan fingerprint density at radius 3 is 2.79 bits per heavy atom. The Labute approximate surface area is 147 Å². The number of nitrogens with one attached hydrogen (secondary N) is 1. The molecule has 5 nitrogen and oxygen atoms in total. The molecule has 1 N–H and O–H groups in total. The number of halogens is 2. The molecule has 128 valence electrons. The van der Waals surface area contributed by atoms with Crippen molar-refractivity contribution in [1.29, 1.82) is 0 Å². The second-order valence-corrected chi connectivity index (χ2v) is 6.95. The Bertz CT molecular complexity index is 789. The van der Waals surface area contributed by atoms with Gasteiger partial charge in [-0.2, -0.15) is 0 Å². The molecule has 0 spiro atoms. The predicted octanol–water partition coefficient (Wildman–Crippen LogP) is 2.67. The van der Waals surface area contributed by atoms with E-state index in [9.17, 15) is 14.0 Å². The molecule has 1 saturated heterocycles. The molecule has 2 aromatic rings. The van der Waals surface area contributed by atoms with Crippen molar-refractivity contribution < 1.29 is 18.7 Å². The van der Waals surface area contributed by atoms with Crippen LogP contribution in [0.1, 0.15) is 16.6 Å². The van der Waals surface area contributed by atoms with Gasteiger partial charge in [-0.05, 0) is 25.1 Å². The van der Waals surface area contributed by atoms with E-state index in [0.29, 0.717) is 36.4 Å². The second-order valence-electron chi connectivity index (χ2n) is 5.52. The molecular formula is C16H16ClFN2O3S. The van der Waals surface area contributed by atoms with Crippen molar-refractivity contribution in [2.24, 2.45) is 0 Å². The van der Waals surface area contributed by atoms with E-state index in [2.05, 4.69) is 5.32 Å².